The third-order valence-corrected chi connectivity index (χ3v) is 2.36. The first-order chi connectivity index (χ1) is 7.54. The van der Waals surface area contributed by atoms with E-state index in [1.807, 2.05) is 0 Å². The standard InChI is InChI=1S/C11H8F3NO/c1-5-2-6(4-16)15-11-7(5)3-8(12)9(13)10(11)14/h2-3,16H,4H2,1H3. The number of pyridine rings is 1. The molecule has 1 heterocycles. The molecular formula is C11H8F3NO. The summed E-state index contributed by atoms with van der Waals surface area (Å²) >= 11 is 0. The minimum absolute atomic E-state index is 0.202. The topological polar surface area (TPSA) is 33.1 Å². The second-order valence-electron chi connectivity index (χ2n) is 3.47. The van der Waals surface area contributed by atoms with Crippen molar-refractivity contribution in [1.29, 1.82) is 0 Å². The molecule has 0 amide bonds. The van der Waals surface area contributed by atoms with Gasteiger partial charge in [-0.3, -0.25) is 0 Å². The Kier molecular flexibility index (Phi) is 2.55. The molecule has 0 radical (unpaired) electrons. The lowest BCUT2D eigenvalue weighted by Gasteiger charge is -2.06. The summed E-state index contributed by atoms with van der Waals surface area (Å²) in [6.45, 7) is 1.23. The van der Waals surface area contributed by atoms with E-state index in [1.165, 1.54) is 6.07 Å². The lowest BCUT2D eigenvalue weighted by atomic mass is 10.1. The van der Waals surface area contributed by atoms with Crippen molar-refractivity contribution in [2.75, 3.05) is 0 Å². The summed E-state index contributed by atoms with van der Waals surface area (Å²) in [5.41, 5.74) is 0.490. The molecule has 0 spiro atoms. The van der Waals surface area contributed by atoms with Gasteiger partial charge in [-0.25, -0.2) is 18.2 Å². The molecule has 0 aliphatic heterocycles. The van der Waals surface area contributed by atoms with E-state index in [0.29, 0.717) is 5.56 Å². The fourth-order valence-electron chi connectivity index (χ4n) is 1.58. The van der Waals surface area contributed by atoms with E-state index >= 15 is 0 Å². The summed E-state index contributed by atoms with van der Waals surface area (Å²) in [5, 5.41) is 9.09. The lowest BCUT2D eigenvalue weighted by molar-refractivity contribution is 0.277. The van der Waals surface area contributed by atoms with Crippen molar-refractivity contribution >= 4 is 10.9 Å². The largest absolute Gasteiger partial charge is 0.390 e. The Labute approximate surface area is 89.4 Å². The number of rotatable bonds is 1. The van der Waals surface area contributed by atoms with E-state index < -0.39 is 17.5 Å². The Morgan fingerprint density at radius 3 is 2.50 bits per heavy atom. The number of aromatic nitrogens is 1. The first-order valence-corrected chi connectivity index (χ1v) is 4.59. The molecule has 0 unspecified atom stereocenters. The average molecular weight is 227 g/mol. The smallest absolute Gasteiger partial charge is 0.196 e. The molecule has 2 nitrogen and oxygen atoms in total. The highest BCUT2D eigenvalue weighted by Crippen LogP contribution is 2.24. The third kappa shape index (κ3) is 1.53. The molecule has 0 saturated heterocycles. The van der Waals surface area contributed by atoms with Gasteiger partial charge in [-0.05, 0) is 24.6 Å². The highest BCUT2D eigenvalue weighted by atomic mass is 19.2. The average Bonchev–Trinajstić information content (AvgIpc) is 2.27. The zero-order valence-corrected chi connectivity index (χ0v) is 8.39. The second kappa shape index (κ2) is 3.75. The molecule has 2 aromatic rings. The molecule has 16 heavy (non-hydrogen) atoms. The number of nitrogens with zero attached hydrogens (tertiary/aromatic N) is 1. The summed E-state index contributed by atoms with van der Waals surface area (Å²) < 4.78 is 39.4. The normalized spacial score (nSPS) is 11.1. The predicted molar refractivity (Wildman–Crippen MR) is 52.3 cm³/mol. The number of halogens is 3. The molecule has 0 aliphatic rings. The van der Waals surface area contributed by atoms with Crippen LogP contribution in [-0.4, -0.2) is 10.1 Å². The SMILES string of the molecule is Cc1cc(CO)nc2c(F)c(F)c(F)cc12. The van der Waals surface area contributed by atoms with Crippen LogP contribution in [0.5, 0.6) is 0 Å². The maximum Gasteiger partial charge on any atom is 0.196 e. The molecule has 1 aromatic heterocycles. The van der Waals surface area contributed by atoms with E-state index in [4.69, 9.17) is 5.11 Å². The molecule has 0 bridgehead atoms. The van der Waals surface area contributed by atoms with Crippen LogP contribution in [0.2, 0.25) is 0 Å². The van der Waals surface area contributed by atoms with Gasteiger partial charge in [-0.1, -0.05) is 0 Å². The quantitative estimate of drug-likeness (QED) is 0.759. The maximum atomic E-state index is 13.4. The zero-order valence-electron chi connectivity index (χ0n) is 8.39. The second-order valence-corrected chi connectivity index (χ2v) is 3.47. The molecular weight excluding hydrogens is 219 g/mol. The number of hydrogen-bond donors (Lipinski definition) is 1. The summed E-state index contributed by atoms with van der Waals surface area (Å²) in [7, 11) is 0. The first kappa shape index (κ1) is 10.9. The van der Waals surface area contributed by atoms with Crippen LogP contribution in [0.25, 0.3) is 10.9 Å². The van der Waals surface area contributed by atoms with Gasteiger partial charge in [0.2, 0.25) is 0 Å². The van der Waals surface area contributed by atoms with Gasteiger partial charge in [-0.2, -0.15) is 0 Å². The van der Waals surface area contributed by atoms with Crippen molar-refractivity contribution in [2.24, 2.45) is 0 Å². The summed E-state index contributed by atoms with van der Waals surface area (Å²) in [6, 6.07) is 2.40. The van der Waals surface area contributed by atoms with Crippen LogP contribution in [0.1, 0.15) is 11.3 Å². The molecule has 1 aromatic carbocycles. The number of fused-ring (bicyclic) bond motifs is 1. The Morgan fingerprint density at radius 2 is 1.88 bits per heavy atom. The summed E-state index contributed by atoms with van der Waals surface area (Å²) in [4.78, 5) is 3.72. The van der Waals surface area contributed by atoms with Gasteiger partial charge in [0.1, 0.15) is 5.52 Å². The molecule has 0 fully saturated rings. The molecule has 5 heteroatoms. The van der Waals surface area contributed by atoms with Gasteiger partial charge < -0.3 is 5.11 Å². The fraction of sp³-hybridized carbons (Fsp3) is 0.182. The van der Waals surface area contributed by atoms with E-state index in [9.17, 15) is 13.2 Å². The molecule has 0 atom stereocenters. The van der Waals surface area contributed by atoms with Crippen molar-refractivity contribution in [2.45, 2.75) is 13.5 Å². The van der Waals surface area contributed by atoms with Gasteiger partial charge >= 0.3 is 0 Å². The monoisotopic (exact) mass is 227 g/mol. The van der Waals surface area contributed by atoms with Gasteiger partial charge in [0.15, 0.2) is 17.5 Å². The van der Waals surface area contributed by atoms with Crippen molar-refractivity contribution < 1.29 is 18.3 Å². The summed E-state index contributed by atoms with van der Waals surface area (Å²) in [6.07, 6.45) is 0. The number of aliphatic hydroxyl groups excluding tert-OH is 1. The number of benzene rings is 1. The molecule has 0 aliphatic carbocycles. The maximum absolute atomic E-state index is 13.4. The molecule has 84 valence electrons. The summed E-state index contributed by atoms with van der Waals surface area (Å²) in [5.74, 6) is -4.12. The van der Waals surface area contributed by atoms with E-state index in [1.54, 1.807) is 6.92 Å². The van der Waals surface area contributed by atoms with Gasteiger partial charge in [0.25, 0.3) is 0 Å². The molecule has 1 N–H and O–H groups in total. The Morgan fingerprint density at radius 1 is 1.19 bits per heavy atom. The van der Waals surface area contributed by atoms with Crippen molar-refractivity contribution in [3.05, 3.63) is 40.8 Å². The fourth-order valence-corrected chi connectivity index (χ4v) is 1.58. The minimum Gasteiger partial charge on any atom is -0.390 e. The molecule has 0 saturated carbocycles. The van der Waals surface area contributed by atoms with Gasteiger partial charge in [0, 0.05) is 5.39 Å². The van der Waals surface area contributed by atoms with Crippen molar-refractivity contribution in [3.63, 3.8) is 0 Å². The first-order valence-electron chi connectivity index (χ1n) is 4.59. The highest BCUT2D eigenvalue weighted by Gasteiger charge is 2.16. The van der Waals surface area contributed by atoms with Crippen molar-refractivity contribution in [3.8, 4) is 0 Å². The number of aryl methyl sites for hydroxylation is 1. The van der Waals surface area contributed by atoms with Crippen molar-refractivity contribution in [1.82, 2.24) is 4.98 Å². The Hall–Kier alpha value is -1.62. The van der Waals surface area contributed by atoms with Gasteiger partial charge in [0.05, 0.1) is 12.3 Å². The van der Waals surface area contributed by atoms with Crippen LogP contribution >= 0.6 is 0 Å². The zero-order chi connectivity index (χ0) is 11.9. The Balaban J connectivity index is 2.90. The van der Waals surface area contributed by atoms with E-state index in [-0.39, 0.29) is 23.2 Å². The lowest BCUT2D eigenvalue weighted by Crippen LogP contribution is -1.99. The van der Waals surface area contributed by atoms with Crippen LogP contribution in [0.3, 0.4) is 0 Å². The van der Waals surface area contributed by atoms with E-state index in [2.05, 4.69) is 4.98 Å². The third-order valence-electron chi connectivity index (χ3n) is 2.36. The van der Waals surface area contributed by atoms with Crippen LogP contribution in [0.4, 0.5) is 13.2 Å². The Bertz CT molecular complexity index is 569. The van der Waals surface area contributed by atoms with Crippen LogP contribution < -0.4 is 0 Å². The number of hydrogen-bond acceptors (Lipinski definition) is 2. The minimum atomic E-state index is -1.55. The van der Waals surface area contributed by atoms with Gasteiger partial charge in [-0.15, -0.1) is 0 Å². The molecule has 2 rings (SSSR count). The predicted octanol–water partition coefficient (Wildman–Crippen LogP) is 2.45. The highest BCUT2D eigenvalue weighted by molar-refractivity contribution is 5.83. The number of aliphatic hydroxyl groups is 1. The van der Waals surface area contributed by atoms with Crippen LogP contribution in [-0.2, 0) is 6.61 Å². The van der Waals surface area contributed by atoms with E-state index in [0.717, 1.165) is 6.07 Å². The van der Waals surface area contributed by atoms with Crippen LogP contribution in [0, 0.1) is 24.4 Å². The van der Waals surface area contributed by atoms with Crippen LogP contribution in [0.15, 0.2) is 12.1 Å².